The maximum absolute atomic E-state index is 3.46. The van der Waals surface area contributed by atoms with Gasteiger partial charge in [-0.1, -0.05) is 55.5 Å². The minimum atomic E-state index is 0.922. The molecule has 0 aliphatic carbocycles. The van der Waals surface area contributed by atoms with E-state index >= 15 is 0 Å². The summed E-state index contributed by atoms with van der Waals surface area (Å²) >= 11 is 3.46. The predicted molar refractivity (Wildman–Crippen MR) is 51.7 cm³/mol. The molecule has 0 aromatic heterocycles. The molecule has 1 heteroatoms. The van der Waals surface area contributed by atoms with Crippen LogP contribution < -0.4 is 0 Å². The number of unbranched alkanes of at least 4 members (excludes halogenated alkanes) is 2. The van der Waals surface area contributed by atoms with E-state index in [2.05, 4.69) is 29.8 Å². The van der Waals surface area contributed by atoms with E-state index in [-0.39, 0.29) is 0 Å². The molecule has 0 aromatic rings. The van der Waals surface area contributed by atoms with E-state index in [0.29, 0.717) is 0 Å². The first-order valence-electron chi connectivity index (χ1n) is 4.37. The van der Waals surface area contributed by atoms with Gasteiger partial charge in [0.15, 0.2) is 0 Å². The summed E-state index contributed by atoms with van der Waals surface area (Å²) in [6.07, 6.45) is 6.93. The summed E-state index contributed by atoms with van der Waals surface area (Å²) < 4.78 is 0. The first kappa shape index (κ1) is 10.5. The molecule has 0 bridgehead atoms. The van der Waals surface area contributed by atoms with Crippen LogP contribution in [0.2, 0.25) is 0 Å². The average Bonchev–Trinajstić information content (AvgIpc) is 1.89. The molecule has 0 spiro atoms. The van der Waals surface area contributed by atoms with Gasteiger partial charge in [0.25, 0.3) is 0 Å². The van der Waals surface area contributed by atoms with E-state index in [1.54, 1.807) is 0 Å². The van der Waals surface area contributed by atoms with Crippen molar-refractivity contribution in [2.24, 2.45) is 5.92 Å². The average molecular weight is 207 g/mol. The lowest BCUT2D eigenvalue weighted by atomic mass is 10.0. The van der Waals surface area contributed by atoms with Gasteiger partial charge < -0.3 is 0 Å². The lowest BCUT2D eigenvalue weighted by Crippen LogP contribution is -1.94. The molecule has 0 rings (SSSR count). The van der Waals surface area contributed by atoms with Gasteiger partial charge in [-0.25, -0.2) is 0 Å². The Morgan fingerprint density at radius 2 is 1.90 bits per heavy atom. The van der Waals surface area contributed by atoms with Gasteiger partial charge in [0.2, 0.25) is 0 Å². The SMILES string of the molecule is CCCCCC(C)CCBr. The second-order valence-corrected chi connectivity index (χ2v) is 3.87. The molecule has 0 nitrogen and oxygen atoms in total. The molecule has 0 aliphatic rings. The summed E-state index contributed by atoms with van der Waals surface area (Å²) in [4.78, 5) is 0. The van der Waals surface area contributed by atoms with Crippen molar-refractivity contribution in [3.63, 3.8) is 0 Å². The van der Waals surface area contributed by atoms with E-state index in [1.807, 2.05) is 0 Å². The monoisotopic (exact) mass is 206 g/mol. The summed E-state index contributed by atoms with van der Waals surface area (Å²) in [5.74, 6) is 0.922. The van der Waals surface area contributed by atoms with Crippen LogP contribution in [0.1, 0.15) is 46.0 Å². The maximum atomic E-state index is 3.46. The van der Waals surface area contributed by atoms with Gasteiger partial charge in [-0.2, -0.15) is 0 Å². The molecular weight excluding hydrogens is 188 g/mol. The van der Waals surface area contributed by atoms with Crippen molar-refractivity contribution in [3.8, 4) is 0 Å². The van der Waals surface area contributed by atoms with E-state index in [1.165, 1.54) is 37.4 Å². The lowest BCUT2D eigenvalue weighted by molar-refractivity contribution is 0.486. The topological polar surface area (TPSA) is 0 Å². The summed E-state index contributed by atoms with van der Waals surface area (Å²) in [6, 6.07) is 0. The fourth-order valence-corrected chi connectivity index (χ4v) is 1.85. The van der Waals surface area contributed by atoms with Crippen LogP contribution >= 0.6 is 15.9 Å². The van der Waals surface area contributed by atoms with Crippen molar-refractivity contribution in [1.29, 1.82) is 0 Å². The van der Waals surface area contributed by atoms with E-state index in [0.717, 1.165) is 5.92 Å². The Morgan fingerprint density at radius 1 is 1.20 bits per heavy atom. The highest BCUT2D eigenvalue weighted by molar-refractivity contribution is 9.09. The van der Waals surface area contributed by atoms with Gasteiger partial charge in [-0.15, -0.1) is 0 Å². The Bertz CT molecular complexity index is 61.7. The highest BCUT2D eigenvalue weighted by atomic mass is 79.9. The van der Waals surface area contributed by atoms with Crippen LogP contribution in [0.5, 0.6) is 0 Å². The highest BCUT2D eigenvalue weighted by Gasteiger charge is 1.98. The van der Waals surface area contributed by atoms with Crippen molar-refractivity contribution in [2.45, 2.75) is 46.0 Å². The summed E-state index contributed by atoms with van der Waals surface area (Å²) in [6.45, 7) is 4.60. The zero-order chi connectivity index (χ0) is 7.82. The molecule has 0 radical (unpaired) electrons. The number of hydrogen-bond donors (Lipinski definition) is 0. The Kier molecular flexibility index (Phi) is 7.95. The first-order chi connectivity index (χ1) is 4.81. The third-order valence-corrected chi connectivity index (χ3v) is 2.36. The fourth-order valence-electron chi connectivity index (χ4n) is 1.07. The van der Waals surface area contributed by atoms with Crippen molar-refractivity contribution in [3.05, 3.63) is 0 Å². The van der Waals surface area contributed by atoms with Gasteiger partial charge >= 0.3 is 0 Å². The third-order valence-electron chi connectivity index (χ3n) is 1.90. The number of halogens is 1. The normalized spacial score (nSPS) is 13.5. The summed E-state index contributed by atoms with van der Waals surface area (Å²) in [5, 5.41) is 1.17. The van der Waals surface area contributed by atoms with Crippen molar-refractivity contribution in [1.82, 2.24) is 0 Å². The largest absolute Gasteiger partial charge is 0.0928 e. The molecular formula is C9H19Br. The predicted octanol–water partition coefficient (Wildman–Crippen LogP) is 3.99. The van der Waals surface area contributed by atoms with Crippen LogP contribution in [-0.4, -0.2) is 5.33 Å². The van der Waals surface area contributed by atoms with Crippen LogP contribution in [0.3, 0.4) is 0 Å². The third kappa shape index (κ3) is 6.60. The van der Waals surface area contributed by atoms with Crippen LogP contribution in [-0.2, 0) is 0 Å². The van der Waals surface area contributed by atoms with Crippen LogP contribution in [0, 0.1) is 5.92 Å². The zero-order valence-corrected chi connectivity index (χ0v) is 8.78. The van der Waals surface area contributed by atoms with E-state index in [4.69, 9.17) is 0 Å². The second-order valence-electron chi connectivity index (χ2n) is 3.08. The molecule has 0 heterocycles. The van der Waals surface area contributed by atoms with Crippen LogP contribution in [0.25, 0.3) is 0 Å². The molecule has 0 saturated carbocycles. The minimum Gasteiger partial charge on any atom is -0.0928 e. The molecule has 0 N–H and O–H groups in total. The van der Waals surface area contributed by atoms with E-state index < -0.39 is 0 Å². The van der Waals surface area contributed by atoms with E-state index in [9.17, 15) is 0 Å². The van der Waals surface area contributed by atoms with Gasteiger partial charge in [0, 0.05) is 5.33 Å². The van der Waals surface area contributed by atoms with Gasteiger partial charge in [0.1, 0.15) is 0 Å². The smallest absolute Gasteiger partial charge is 0.00338 e. The number of alkyl halides is 1. The highest BCUT2D eigenvalue weighted by Crippen LogP contribution is 2.13. The molecule has 62 valence electrons. The Morgan fingerprint density at radius 3 is 2.40 bits per heavy atom. The van der Waals surface area contributed by atoms with Crippen molar-refractivity contribution >= 4 is 15.9 Å². The molecule has 1 atom stereocenters. The van der Waals surface area contributed by atoms with Gasteiger partial charge in [-0.3, -0.25) is 0 Å². The Hall–Kier alpha value is 0.480. The molecule has 10 heavy (non-hydrogen) atoms. The fraction of sp³-hybridized carbons (Fsp3) is 1.00. The quantitative estimate of drug-likeness (QED) is 0.456. The molecule has 0 amide bonds. The van der Waals surface area contributed by atoms with Gasteiger partial charge in [0.05, 0.1) is 0 Å². The zero-order valence-electron chi connectivity index (χ0n) is 7.20. The molecule has 1 unspecified atom stereocenters. The second kappa shape index (κ2) is 7.59. The summed E-state index contributed by atoms with van der Waals surface area (Å²) in [5.41, 5.74) is 0. The molecule has 0 aliphatic heterocycles. The standard InChI is InChI=1S/C9H19Br/c1-3-4-5-6-9(2)7-8-10/h9H,3-8H2,1-2H3. The minimum absolute atomic E-state index is 0.922. The lowest BCUT2D eigenvalue weighted by Gasteiger charge is -2.07. The number of hydrogen-bond acceptors (Lipinski definition) is 0. The molecule has 0 aromatic carbocycles. The molecule has 0 saturated heterocycles. The Labute approximate surface area is 73.5 Å². The Balaban J connectivity index is 2.97. The maximum Gasteiger partial charge on any atom is 0.00338 e. The van der Waals surface area contributed by atoms with Gasteiger partial charge in [-0.05, 0) is 12.3 Å². The van der Waals surface area contributed by atoms with Crippen LogP contribution in [0.4, 0.5) is 0 Å². The summed E-state index contributed by atoms with van der Waals surface area (Å²) in [7, 11) is 0. The van der Waals surface area contributed by atoms with Crippen LogP contribution in [0.15, 0.2) is 0 Å². The first-order valence-corrected chi connectivity index (χ1v) is 5.49. The number of rotatable bonds is 6. The van der Waals surface area contributed by atoms with Crippen molar-refractivity contribution in [2.75, 3.05) is 5.33 Å². The molecule has 0 fully saturated rings. The van der Waals surface area contributed by atoms with Crippen molar-refractivity contribution < 1.29 is 0 Å².